The van der Waals surface area contributed by atoms with Gasteiger partial charge in [-0.3, -0.25) is 9.59 Å². The maximum absolute atomic E-state index is 12.7. The van der Waals surface area contributed by atoms with Gasteiger partial charge in [-0.25, -0.2) is 0 Å². The van der Waals surface area contributed by atoms with E-state index in [0.29, 0.717) is 19.3 Å². The van der Waals surface area contributed by atoms with E-state index < -0.39 is 55.4 Å². The van der Waals surface area contributed by atoms with Crippen LogP contribution < -0.4 is 0 Å². The highest BCUT2D eigenvalue weighted by Crippen LogP contribution is 2.22. The van der Waals surface area contributed by atoms with Crippen molar-refractivity contribution in [1.29, 1.82) is 0 Å². The minimum Gasteiger partial charge on any atom is -0.462 e. The van der Waals surface area contributed by atoms with E-state index in [1.807, 2.05) is 54.7 Å². The molecule has 0 amide bonds. The lowest BCUT2D eigenvalue weighted by atomic mass is 9.99. The Morgan fingerprint density at radius 2 is 1.19 bits per heavy atom. The first-order valence-corrected chi connectivity index (χ1v) is 19.2. The van der Waals surface area contributed by atoms with Gasteiger partial charge < -0.3 is 39.4 Å². The number of rotatable bonds is 29. The van der Waals surface area contributed by atoms with Crippen LogP contribution in [0.25, 0.3) is 0 Å². The van der Waals surface area contributed by atoms with Crippen molar-refractivity contribution in [2.45, 2.75) is 147 Å². The quantitative estimate of drug-likeness (QED) is 0.0273. The largest absolute Gasteiger partial charge is 0.462 e. The van der Waals surface area contributed by atoms with Crippen LogP contribution in [0.15, 0.2) is 85.1 Å². The van der Waals surface area contributed by atoms with E-state index in [0.717, 1.165) is 44.9 Å². The minimum absolute atomic E-state index is 0.127. The highest BCUT2D eigenvalue weighted by Gasteiger charge is 2.44. The summed E-state index contributed by atoms with van der Waals surface area (Å²) in [5.41, 5.74) is 0. The summed E-state index contributed by atoms with van der Waals surface area (Å²) in [5.74, 6) is -0.916. The second-order valence-electron chi connectivity index (χ2n) is 12.7. The lowest BCUT2D eigenvalue weighted by Gasteiger charge is -2.39. The van der Waals surface area contributed by atoms with Crippen LogP contribution in [0.3, 0.4) is 0 Å². The molecule has 294 valence electrons. The second kappa shape index (κ2) is 32.5. The van der Waals surface area contributed by atoms with Crippen molar-refractivity contribution in [3.63, 3.8) is 0 Å². The average Bonchev–Trinajstić information content (AvgIpc) is 3.14. The Bertz CT molecular complexity index is 1120. The molecule has 1 heterocycles. The monoisotopic (exact) mass is 730 g/mol. The van der Waals surface area contributed by atoms with Crippen LogP contribution in [0.5, 0.6) is 0 Å². The second-order valence-corrected chi connectivity index (χ2v) is 12.7. The van der Waals surface area contributed by atoms with Gasteiger partial charge in [0.1, 0.15) is 31.0 Å². The summed E-state index contributed by atoms with van der Waals surface area (Å²) in [4.78, 5) is 25.1. The van der Waals surface area contributed by atoms with Gasteiger partial charge >= 0.3 is 11.9 Å². The van der Waals surface area contributed by atoms with Gasteiger partial charge in [-0.2, -0.15) is 0 Å². The van der Waals surface area contributed by atoms with Crippen LogP contribution >= 0.6 is 0 Å². The van der Waals surface area contributed by atoms with E-state index in [9.17, 15) is 30.0 Å². The Hall–Kier alpha value is -3.12. The van der Waals surface area contributed by atoms with Gasteiger partial charge in [-0.05, 0) is 51.4 Å². The zero-order chi connectivity index (χ0) is 38.1. The number of ether oxygens (including phenoxy) is 4. The topological polar surface area (TPSA) is 152 Å². The Morgan fingerprint density at radius 3 is 1.87 bits per heavy atom. The van der Waals surface area contributed by atoms with Crippen LogP contribution in [0.4, 0.5) is 0 Å². The lowest BCUT2D eigenvalue weighted by molar-refractivity contribution is -0.305. The van der Waals surface area contributed by atoms with Crippen LogP contribution in [0, 0.1) is 0 Å². The molecule has 1 fully saturated rings. The number of hydrogen-bond acceptors (Lipinski definition) is 10. The molecule has 4 N–H and O–H groups in total. The number of esters is 2. The molecule has 0 spiro atoms. The third kappa shape index (κ3) is 24.2. The van der Waals surface area contributed by atoms with Crippen molar-refractivity contribution in [2.75, 3.05) is 19.8 Å². The number of unbranched alkanes of at least 4 members (excludes halogenated alkanes) is 8. The van der Waals surface area contributed by atoms with Crippen LogP contribution in [0.1, 0.15) is 110 Å². The zero-order valence-corrected chi connectivity index (χ0v) is 31.5. The molecular weight excluding hydrogens is 664 g/mol. The molecule has 0 radical (unpaired) electrons. The number of allylic oxidation sites excluding steroid dienone is 14. The van der Waals surface area contributed by atoms with Gasteiger partial charge in [-0.1, -0.05) is 131 Å². The minimum atomic E-state index is -1.61. The van der Waals surface area contributed by atoms with Crippen molar-refractivity contribution >= 4 is 11.9 Å². The lowest BCUT2D eigenvalue weighted by Crippen LogP contribution is -2.59. The molecule has 0 aromatic rings. The smallest absolute Gasteiger partial charge is 0.306 e. The van der Waals surface area contributed by atoms with E-state index in [1.165, 1.54) is 19.3 Å². The van der Waals surface area contributed by atoms with E-state index in [4.69, 9.17) is 18.9 Å². The molecule has 0 aromatic carbocycles. The first kappa shape index (κ1) is 46.9. The summed E-state index contributed by atoms with van der Waals surface area (Å²) in [6, 6.07) is 0. The fourth-order valence-corrected chi connectivity index (χ4v) is 5.14. The molecule has 1 saturated heterocycles. The Labute approximate surface area is 312 Å². The van der Waals surface area contributed by atoms with Crippen LogP contribution in [-0.4, -0.2) is 89.0 Å². The highest BCUT2D eigenvalue weighted by molar-refractivity contribution is 5.70. The average molecular weight is 731 g/mol. The fourth-order valence-electron chi connectivity index (χ4n) is 5.14. The standard InChI is InChI=1S/C42H66O10/c1-3-5-7-9-11-13-15-17-19-20-22-24-26-28-30-37(44)49-33-35(34-50-42-41(48)40(47)39(46)36(32-43)52-42)51-38(45)31-29-27-25-23-21-18-16-14-12-10-8-6-4-2/h5-8,10-14,16,18,21,23,25,35-36,39-43,46-48H,3-4,9,15,17,19-20,22,24,26-34H2,1-2H3/b7-5+,8-6+,12-10+,13-11+,16-14+,21-18+,25-23+/t35?,36-,39+,40?,41?,42-/m0/s1. The van der Waals surface area contributed by atoms with Gasteiger partial charge in [0.25, 0.3) is 0 Å². The van der Waals surface area contributed by atoms with Crippen molar-refractivity contribution in [2.24, 2.45) is 0 Å². The summed E-state index contributed by atoms with van der Waals surface area (Å²) in [6.45, 7) is 3.05. The van der Waals surface area contributed by atoms with Gasteiger partial charge in [0.2, 0.25) is 0 Å². The Kier molecular flexibility index (Phi) is 29.3. The van der Waals surface area contributed by atoms with Crippen molar-refractivity contribution in [1.82, 2.24) is 0 Å². The molecule has 1 aliphatic rings. The van der Waals surface area contributed by atoms with E-state index in [-0.39, 0.29) is 26.1 Å². The molecular formula is C42H66O10. The molecule has 0 aromatic heterocycles. The molecule has 0 bridgehead atoms. The van der Waals surface area contributed by atoms with Crippen LogP contribution in [-0.2, 0) is 28.5 Å². The summed E-state index contributed by atoms with van der Waals surface area (Å²) in [7, 11) is 0. The summed E-state index contributed by atoms with van der Waals surface area (Å²) in [6.07, 6.45) is 33.2. The van der Waals surface area contributed by atoms with Gasteiger partial charge in [0.15, 0.2) is 12.4 Å². The van der Waals surface area contributed by atoms with Gasteiger partial charge in [0, 0.05) is 12.8 Å². The number of aliphatic hydroxyl groups is 4. The predicted molar refractivity (Wildman–Crippen MR) is 205 cm³/mol. The first-order chi connectivity index (χ1) is 25.3. The molecule has 3 unspecified atom stereocenters. The maximum atomic E-state index is 12.7. The molecule has 10 heteroatoms. The third-order valence-electron chi connectivity index (χ3n) is 8.15. The Balaban J connectivity index is 2.47. The van der Waals surface area contributed by atoms with E-state index in [2.05, 4.69) is 44.2 Å². The van der Waals surface area contributed by atoms with E-state index >= 15 is 0 Å². The number of aliphatic hydroxyl groups excluding tert-OH is 4. The number of hydrogen-bond donors (Lipinski definition) is 4. The van der Waals surface area contributed by atoms with Gasteiger partial charge in [-0.15, -0.1) is 0 Å². The third-order valence-corrected chi connectivity index (χ3v) is 8.15. The predicted octanol–water partition coefficient (Wildman–Crippen LogP) is 7.04. The molecule has 1 aliphatic heterocycles. The van der Waals surface area contributed by atoms with Crippen molar-refractivity contribution in [3.8, 4) is 0 Å². The molecule has 1 rings (SSSR count). The molecule has 0 aliphatic carbocycles. The first-order valence-electron chi connectivity index (χ1n) is 19.2. The molecule has 0 saturated carbocycles. The van der Waals surface area contributed by atoms with E-state index in [1.54, 1.807) is 0 Å². The maximum Gasteiger partial charge on any atom is 0.306 e. The number of carbonyl (C=O) groups excluding carboxylic acids is 2. The SMILES string of the molecule is CC/C=C/C=C/C=C/C=C/C=C/CCCC(=O)OC(COC(=O)CCCCCCCCC/C=C/C/C=C/CC)CO[C@H]1O[C@@H](CO)[C@@H](O)C(O)C1O. The molecule has 52 heavy (non-hydrogen) atoms. The number of carbonyl (C=O) groups is 2. The van der Waals surface area contributed by atoms with Crippen molar-refractivity contribution < 1.29 is 49.0 Å². The van der Waals surface area contributed by atoms with Gasteiger partial charge in [0.05, 0.1) is 13.2 Å². The fraction of sp³-hybridized carbons (Fsp3) is 0.619. The molecule has 10 nitrogen and oxygen atoms in total. The zero-order valence-electron chi connectivity index (χ0n) is 31.5. The van der Waals surface area contributed by atoms with Crippen molar-refractivity contribution in [3.05, 3.63) is 85.1 Å². The summed E-state index contributed by atoms with van der Waals surface area (Å²) >= 11 is 0. The summed E-state index contributed by atoms with van der Waals surface area (Å²) in [5, 5.41) is 39.9. The van der Waals surface area contributed by atoms with Crippen LogP contribution in [0.2, 0.25) is 0 Å². The summed E-state index contributed by atoms with van der Waals surface area (Å²) < 4.78 is 22.0. The highest BCUT2D eigenvalue weighted by atomic mass is 16.7. The Morgan fingerprint density at radius 1 is 0.615 bits per heavy atom. The molecule has 6 atom stereocenters. The normalized spacial score (nSPS) is 22.0.